The van der Waals surface area contributed by atoms with Crippen LogP contribution in [-0.2, 0) is 14.8 Å². The molecule has 0 aromatic carbocycles. The fourth-order valence-corrected chi connectivity index (χ4v) is 1.59. The number of primary sulfonamides is 1. The highest BCUT2D eigenvalue weighted by molar-refractivity contribution is 7.89. The van der Waals surface area contributed by atoms with Crippen molar-refractivity contribution in [2.75, 3.05) is 13.2 Å². The van der Waals surface area contributed by atoms with Crippen molar-refractivity contribution in [3.63, 3.8) is 0 Å². The average molecular weight is 260 g/mol. The molecule has 0 amide bonds. The summed E-state index contributed by atoms with van der Waals surface area (Å²) in [5.74, 6) is 0.338. The number of rotatable bonds is 6. The van der Waals surface area contributed by atoms with Gasteiger partial charge in [-0.15, -0.1) is 0 Å². The minimum Gasteiger partial charge on any atom is -0.472 e. The van der Waals surface area contributed by atoms with Crippen LogP contribution in [0.2, 0.25) is 0 Å². The lowest BCUT2D eigenvalue weighted by molar-refractivity contribution is 0.0633. The average Bonchev–Trinajstić information content (AvgIpc) is 2.26. The van der Waals surface area contributed by atoms with Crippen molar-refractivity contribution in [3.05, 3.63) is 18.3 Å². The van der Waals surface area contributed by atoms with Crippen molar-refractivity contribution < 1.29 is 17.9 Å². The summed E-state index contributed by atoms with van der Waals surface area (Å²) in [4.78, 5) is 3.82. The first-order valence-corrected chi connectivity index (χ1v) is 6.71. The number of nitrogens with zero attached hydrogens (tertiary/aromatic N) is 1. The van der Waals surface area contributed by atoms with E-state index in [1.165, 1.54) is 12.1 Å². The largest absolute Gasteiger partial charge is 0.472 e. The molecule has 0 aliphatic carbocycles. The molecule has 1 aromatic heterocycles. The first-order chi connectivity index (χ1) is 7.93. The molecule has 0 saturated heterocycles. The molecule has 0 spiro atoms. The Balaban J connectivity index is 2.63. The Morgan fingerprint density at radius 1 is 1.47 bits per heavy atom. The topological polar surface area (TPSA) is 91.5 Å². The number of sulfonamides is 1. The Labute approximate surface area is 101 Å². The highest BCUT2D eigenvalue weighted by atomic mass is 32.2. The predicted octanol–water partition coefficient (Wildman–Crippen LogP) is 0.533. The van der Waals surface area contributed by atoms with Crippen LogP contribution in [0.4, 0.5) is 0 Å². The molecule has 1 aromatic rings. The Bertz CT molecular complexity index is 444. The minimum atomic E-state index is -3.70. The second kappa shape index (κ2) is 5.95. The summed E-state index contributed by atoms with van der Waals surface area (Å²) in [5.41, 5.74) is 0. The van der Waals surface area contributed by atoms with Crippen LogP contribution in [0.1, 0.15) is 13.8 Å². The number of pyridine rings is 1. The van der Waals surface area contributed by atoms with Gasteiger partial charge in [-0.2, -0.15) is 0 Å². The molecule has 0 fully saturated rings. The molecule has 0 aliphatic heterocycles. The maximum Gasteiger partial charge on any atom is 0.239 e. The summed E-state index contributed by atoms with van der Waals surface area (Å²) in [5, 5.41) is 4.95. The number of aromatic nitrogens is 1. The van der Waals surface area contributed by atoms with Crippen LogP contribution in [-0.4, -0.2) is 32.7 Å². The zero-order valence-electron chi connectivity index (χ0n) is 9.79. The lowest BCUT2D eigenvalue weighted by Crippen LogP contribution is -2.19. The van der Waals surface area contributed by atoms with Crippen molar-refractivity contribution in [1.82, 2.24) is 4.98 Å². The number of hydrogen-bond donors (Lipinski definition) is 1. The van der Waals surface area contributed by atoms with Gasteiger partial charge in [0.2, 0.25) is 15.9 Å². The molecule has 96 valence electrons. The monoisotopic (exact) mass is 260 g/mol. The van der Waals surface area contributed by atoms with E-state index < -0.39 is 10.0 Å². The molecule has 1 heterocycles. The molecule has 1 rings (SSSR count). The molecule has 2 N–H and O–H groups in total. The Morgan fingerprint density at radius 2 is 2.18 bits per heavy atom. The van der Waals surface area contributed by atoms with Crippen LogP contribution in [0.5, 0.6) is 5.88 Å². The van der Waals surface area contributed by atoms with Crippen LogP contribution in [0.3, 0.4) is 0 Å². The third-order valence-corrected chi connectivity index (χ3v) is 2.81. The second-order valence-electron chi connectivity index (χ2n) is 3.47. The van der Waals surface area contributed by atoms with Gasteiger partial charge in [0.05, 0.1) is 12.8 Å². The highest BCUT2D eigenvalue weighted by Crippen LogP contribution is 2.12. The van der Waals surface area contributed by atoms with Crippen molar-refractivity contribution in [1.29, 1.82) is 0 Å². The van der Waals surface area contributed by atoms with Crippen LogP contribution in [0.25, 0.3) is 0 Å². The number of nitrogens with two attached hydrogens (primary N) is 1. The summed E-state index contributed by atoms with van der Waals surface area (Å²) >= 11 is 0. The van der Waals surface area contributed by atoms with E-state index in [0.717, 1.165) is 6.20 Å². The second-order valence-corrected chi connectivity index (χ2v) is 5.03. The summed E-state index contributed by atoms with van der Waals surface area (Å²) in [6.45, 7) is 4.80. The maximum absolute atomic E-state index is 11.0. The molecule has 0 saturated carbocycles. The molecular weight excluding hydrogens is 244 g/mol. The third-order valence-electron chi connectivity index (χ3n) is 1.92. The molecule has 0 radical (unpaired) electrons. The van der Waals surface area contributed by atoms with Crippen molar-refractivity contribution in [2.24, 2.45) is 5.14 Å². The quantitative estimate of drug-likeness (QED) is 0.805. The van der Waals surface area contributed by atoms with Gasteiger partial charge in [0.25, 0.3) is 0 Å². The normalized spacial score (nSPS) is 13.4. The zero-order chi connectivity index (χ0) is 12.9. The van der Waals surface area contributed by atoms with Gasteiger partial charge in [-0.1, -0.05) is 0 Å². The van der Waals surface area contributed by atoms with E-state index in [0.29, 0.717) is 19.1 Å². The van der Waals surface area contributed by atoms with E-state index in [1.54, 1.807) is 0 Å². The summed E-state index contributed by atoms with van der Waals surface area (Å²) in [6.07, 6.45) is 1.01. The van der Waals surface area contributed by atoms with E-state index in [2.05, 4.69) is 4.98 Å². The van der Waals surface area contributed by atoms with Crippen LogP contribution in [0, 0.1) is 0 Å². The standard InChI is InChI=1S/C10H16N2O4S/c1-3-15-7-8(2)16-10-5-4-9(6-12-10)17(11,13)14/h4-6,8H,3,7H2,1-2H3,(H2,11,13,14). The van der Waals surface area contributed by atoms with Crippen LogP contribution < -0.4 is 9.88 Å². The molecule has 1 atom stereocenters. The third kappa shape index (κ3) is 4.68. The summed E-state index contributed by atoms with van der Waals surface area (Å²) in [7, 11) is -3.70. The van der Waals surface area contributed by atoms with Crippen molar-refractivity contribution in [3.8, 4) is 5.88 Å². The van der Waals surface area contributed by atoms with E-state index >= 15 is 0 Å². The van der Waals surface area contributed by atoms with Gasteiger partial charge in [-0.3, -0.25) is 0 Å². The van der Waals surface area contributed by atoms with Gasteiger partial charge < -0.3 is 9.47 Å². The molecule has 0 aliphatic rings. The van der Waals surface area contributed by atoms with Gasteiger partial charge in [-0.25, -0.2) is 18.5 Å². The minimum absolute atomic E-state index is 0.0395. The Kier molecular flexibility index (Phi) is 4.86. The van der Waals surface area contributed by atoms with Crippen LogP contribution in [0.15, 0.2) is 23.2 Å². The Hall–Kier alpha value is -1.18. The maximum atomic E-state index is 11.0. The number of hydrogen-bond acceptors (Lipinski definition) is 5. The van der Waals surface area contributed by atoms with Gasteiger partial charge in [0.15, 0.2) is 0 Å². The fraction of sp³-hybridized carbons (Fsp3) is 0.500. The lowest BCUT2D eigenvalue weighted by atomic mass is 10.4. The van der Waals surface area contributed by atoms with E-state index in [9.17, 15) is 8.42 Å². The molecule has 6 nitrogen and oxygen atoms in total. The molecule has 7 heteroatoms. The first kappa shape index (κ1) is 13.9. The lowest BCUT2D eigenvalue weighted by Gasteiger charge is -2.13. The van der Waals surface area contributed by atoms with Gasteiger partial charge >= 0.3 is 0 Å². The predicted molar refractivity (Wildman–Crippen MR) is 62.2 cm³/mol. The van der Waals surface area contributed by atoms with Crippen molar-refractivity contribution >= 4 is 10.0 Å². The zero-order valence-corrected chi connectivity index (χ0v) is 10.6. The van der Waals surface area contributed by atoms with E-state index in [1.807, 2.05) is 13.8 Å². The Morgan fingerprint density at radius 3 is 2.65 bits per heavy atom. The number of ether oxygens (including phenoxy) is 2. The molecular formula is C10H16N2O4S. The fourth-order valence-electron chi connectivity index (χ4n) is 1.13. The molecule has 0 bridgehead atoms. The SMILES string of the molecule is CCOCC(C)Oc1ccc(S(N)(=O)=O)cn1. The van der Waals surface area contributed by atoms with E-state index in [4.69, 9.17) is 14.6 Å². The summed E-state index contributed by atoms with van der Waals surface area (Å²) in [6, 6.07) is 2.81. The van der Waals surface area contributed by atoms with Crippen LogP contribution >= 0.6 is 0 Å². The first-order valence-electron chi connectivity index (χ1n) is 5.16. The van der Waals surface area contributed by atoms with E-state index in [-0.39, 0.29) is 11.0 Å². The summed E-state index contributed by atoms with van der Waals surface area (Å²) < 4.78 is 32.6. The molecule has 17 heavy (non-hydrogen) atoms. The van der Waals surface area contributed by atoms with Gasteiger partial charge in [0, 0.05) is 12.7 Å². The van der Waals surface area contributed by atoms with Gasteiger partial charge in [0.1, 0.15) is 11.0 Å². The smallest absolute Gasteiger partial charge is 0.239 e. The highest BCUT2D eigenvalue weighted by Gasteiger charge is 2.09. The van der Waals surface area contributed by atoms with Gasteiger partial charge in [-0.05, 0) is 19.9 Å². The molecule has 1 unspecified atom stereocenters. The van der Waals surface area contributed by atoms with Crippen molar-refractivity contribution in [2.45, 2.75) is 24.8 Å².